The van der Waals surface area contributed by atoms with Crippen molar-refractivity contribution in [1.82, 2.24) is 0 Å². The lowest BCUT2D eigenvalue weighted by molar-refractivity contribution is -0.114. The number of carbonyl (C=O) groups is 1. The molecule has 0 aliphatic carbocycles. The molecular formula is C8H11BNO3. The van der Waals surface area contributed by atoms with Crippen molar-refractivity contribution in [2.24, 2.45) is 0 Å². The molecule has 0 atom stereocenters. The van der Waals surface area contributed by atoms with Crippen molar-refractivity contribution in [2.45, 2.75) is 6.92 Å². The van der Waals surface area contributed by atoms with Crippen LogP contribution < -0.4 is 5.32 Å². The lowest BCUT2D eigenvalue weighted by Crippen LogP contribution is -2.04. The summed E-state index contributed by atoms with van der Waals surface area (Å²) in [6.45, 7) is 1.49. The lowest BCUT2D eigenvalue weighted by atomic mass is 10.3. The molecule has 3 N–H and O–H groups in total. The van der Waals surface area contributed by atoms with Crippen LogP contribution in [-0.2, 0) is 4.79 Å². The molecule has 0 saturated heterocycles. The minimum Gasteiger partial charge on any atom is -0.429 e. The Labute approximate surface area is 77.5 Å². The third-order valence-corrected chi connectivity index (χ3v) is 1.09. The molecule has 0 unspecified atom stereocenters. The van der Waals surface area contributed by atoms with Crippen molar-refractivity contribution in [3.05, 3.63) is 30.3 Å². The van der Waals surface area contributed by atoms with Gasteiger partial charge in [-0.2, -0.15) is 0 Å². The Morgan fingerprint density at radius 3 is 2.15 bits per heavy atom. The first kappa shape index (κ1) is 11.7. The molecule has 0 heterocycles. The predicted molar refractivity (Wildman–Crippen MR) is 50.9 cm³/mol. The SMILES string of the molecule is CC(=O)Nc1ccccc1.O[B]O. The van der Waals surface area contributed by atoms with Gasteiger partial charge < -0.3 is 15.4 Å². The number of benzene rings is 1. The third-order valence-electron chi connectivity index (χ3n) is 1.09. The Morgan fingerprint density at radius 1 is 1.31 bits per heavy atom. The van der Waals surface area contributed by atoms with Crippen LogP contribution >= 0.6 is 0 Å². The molecule has 1 rings (SSSR count). The standard InChI is InChI=1S/C8H9NO.BH2O2/c1-7(10)9-8-5-3-2-4-6-8;2-1-3/h2-6H,1H3,(H,9,10);2-3H. The van der Waals surface area contributed by atoms with E-state index in [4.69, 9.17) is 10.0 Å². The maximum atomic E-state index is 10.5. The summed E-state index contributed by atoms with van der Waals surface area (Å²) in [6, 6.07) is 9.37. The lowest BCUT2D eigenvalue weighted by Gasteiger charge is -1.98. The van der Waals surface area contributed by atoms with Crippen LogP contribution in [0.15, 0.2) is 30.3 Å². The molecule has 1 amide bonds. The summed E-state index contributed by atoms with van der Waals surface area (Å²) in [5, 5.41) is 16.7. The zero-order valence-corrected chi connectivity index (χ0v) is 7.27. The number of hydrogen-bond acceptors (Lipinski definition) is 3. The summed E-state index contributed by atoms with van der Waals surface area (Å²) in [7, 11) is 0. The maximum absolute atomic E-state index is 10.5. The first-order chi connectivity index (χ1) is 6.20. The predicted octanol–water partition coefficient (Wildman–Crippen LogP) is 0.150. The van der Waals surface area contributed by atoms with E-state index < -0.39 is 0 Å². The van der Waals surface area contributed by atoms with Crippen LogP contribution in [0.3, 0.4) is 0 Å². The van der Waals surface area contributed by atoms with E-state index in [9.17, 15) is 4.79 Å². The fourth-order valence-electron chi connectivity index (χ4n) is 0.725. The van der Waals surface area contributed by atoms with E-state index in [0.29, 0.717) is 0 Å². The normalized spacial score (nSPS) is 7.92. The minimum atomic E-state index is -0.0359. The fourth-order valence-corrected chi connectivity index (χ4v) is 0.725. The van der Waals surface area contributed by atoms with E-state index in [-0.39, 0.29) is 13.6 Å². The average molecular weight is 180 g/mol. The number of rotatable bonds is 1. The highest BCUT2D eigenvalue weighted by Gasteiger charge is 1.90. The highest BCUT2D eigenvalue weighted by atomic mass is 16.4. The molecular weight excluding hydrogens is 169 g/mol. The Bertz CT molecular complexity index is 240. The number of amides is 1. The van der Waals surface area contributed by atoms with Crippen LogP contribution in [0.1, 0.15) is 6.92 Å². The Morgan fingerprint density at radius 2 is 1.77 bits per heavy atom. The van der Waals surface area contributed by atoms with Crippen LogP contribution in [0, 0.1) is 0 Å². The van der Waals surface area contributed by atoms with Crippen LogP contribution in [0.25, 0.3) is 0 Å². The van der Waals surface area contributed by atoms with Crippen LogP contribution in [-0.4, -0.2) is 23.6 Å². The molecule has 0 fully saturated rings. The van der Waals surface area contributed by atoms with Gasteiger partial charge in [-0.25, -0.2) is 0 Å². The van der Waals surface area contributed by atoms with Gasteiger partial charge in [-0.1, -0.05) is 18.2 Å². The van der Waals surface area contributed by atoms with Gasteiger partial charge in [0.15, 0.2) is 0 Å². The summed E-state index contributed by atoms with van der Waals surface area (Å²) in [4.78, 5) is 10.5. The second-order valence-electron chi connectivity index (χ2n) is 2.16. The highest BCUT2D eigenvalue weighted by Crippen LogP contribution is 2.03. The molecule has 1 aromatic carbocycles. The molecule has 0 aliphatic heterocycles. The van der Waals surface area contributed by atoms with Gasteiger partial charge >= 0.3 is 7.69 Å². The van der Waals surface area contributed by atoms with Crippen LogP contribution in [0.2, 0.25) is 0 Å². The molecule has 69 valence electrons. The van der Waals surface area contributed by atoms with Crippen molar-refractivity contribution in [3.8, 4) is 0 Å². The number of carbonyl (C=O) groups excluding carboxylic acids is 1. The molecule has 0 saturated carbocycles. The van der Waals surface area contributed by atoms with Crippen LogP contribution in [0.5, 0.6) is 0 Å². The number of nitrogens with one attached hydrogen (secondary N) is 1. The van der Waals surface area contributed by atoms with Crippen molar-refractivity contribution < 1.29 is 14.8 Å². The van der Waals surface area contributed by atoms with E-state index in [1.165, 1.54) is 6.92 Å². The summed E-state index contributed by atoms with van der Waals surface area (Å²) < 4.78 is 0. The summed E-state index contributed by atoms with van der Waals surface area (Å²) in [6.07, 6.45) is 0. The topological polar surface area (TPSA) is 69.6 Å². The van der Waals surface area contributed by atoms with Crippen molar-refractivity contribution in [1.29, 1.82) is 0 Å². The van der Waals surface area contributed by atoms with Gasteiger partial charge in [0.2, 0.25) is 5.91 Å². The van der Waals surface area contributed by atoms with E-state index in [1.807, 2.05) is 30.3 Å². The fraction of sp³-hybridized carbons (Fsp3) is 0.125. The highest BCUT2D eigenvalue weighted by molar-refractivity contribution is 6.13. The van der Waals surface area contributed by atoms with E-state index in [0.717, 1.165) is 5.69 Å². The first-order valence-electron chi connectivity index (χ1n) is 3.63. The minimum absolute atomic E-state index is 0. The number of hydrogen-bond donors (Lipinski definition) is 3. The quantitative estimate of drug-likeness (QED) is 0.538. The smallest absolute Gasteiger partial charge is 0.429 e. The monoisotopic (exact) mass is 180 g/mol. The second-order valence-corrected chi connectivity index (χ2v) is 2.16. The Hall–Kier alpha value is -1.33. The van der Waals surface area contributed by atoms with Gasteiger partial charge in [0.05, 0.1) is 0 Å². The Kier molecular flexibility index (Phi) is 6.58. The van der Waals surface area contributed by atoms with Gasteiger partial charge in [-0.3, -0.25) is 4.79 Å². The van der Waals surface area contributed by atoms with Crippen LogP contribution in [0.4, 0.5) is 5.69 Å². The second kappa shape index (κ2) is 7.33. The molecule has 1 aromatic rings. The van der Waals surface area contributed by atoms with Gasteiger partial charge in [-0.15, -0.1) is 0 Å². The first-order valence-corrected chi connectivity index (χ1v) is 3.63. The van der Waals surface area contributed by atoms with Crippen molar-refractivity contribution in [3.63, 3.8) is 0 Å². The summed E-state index contributed by atoms with van der Waals surface area (Å²) >= 11 is 0. The average Bonchev–Trinajstić information content (AvgIpc) is 2.06. The van der Waals surface area contributed by atoms with E-state index in [1.54, 1.807) is 0 Å². The molecule has 1 radical (unpaired) electrons. The van der Waals surface area contributed by atoms with Gasteiger partial charge in [0.25, 0.3) is 0 Å². The summed E-state index contributed by atoms with van der Waals surface area (Å²) in [5.41, 5.74) is 0.843. The van der Waals surface area contributed by atoms with E-state index in [2.05, 4.69) is 5.32 Å². The molecule has 0 spiro atoms. The molecule has 0 bridgehead atoms. The largest absolute Gasteiger partial charge is 0.482 e. The molecule has 4 nitrogen and oxygen atoms in total. The van der Waals surface area contributed by atoms with Crippen molar-refractivity contribution in [2.75, 3.05) is 5.32 Å². The number of para-hydroxylation sites is 1. The molecule has 0 aliphatic rings. The van der Waals surface area contributed by atoms with Gasteiger partial charge in [0.1, 0.15) is 0 Å². The van der Waals surface area contributed by atoms with E-state index >= 15 is 0 Å². The molecule has 0 aromatic heterocycles. The van der Waals surface area contributed by atoms with Crippen molar-refractivity contribution >= 4 is 19.3 Å². The zero-order valence-electron chi connectivity index (χ0n) is 7.27. The zero-order chi connectivity index (χ0) is 10.1. The number of anilines is 1. The summed E-state index contributed by atoms with van der Waals surface area (Å²) in [5.74, 6) is -0.0359. The molecule has 5 heteroatoms. The Balaban J connectivity index is 0.000000424. The third kappa shape index (κ3) is 7.05. The van der Waals surface area contributed by atoms with Gasteiger partial charge in [-0.05, 0) is 12.1 Å². The maximum Gasteiger partial charge on any atom is 0.482 e. The van der Waals surface area contributed by atoms with Gasteiger partial charge in [0, 0.05) is 12.6 Å². The molecule has 13 heavy (non-hydrogen) atoms.